The number of aromatic amines is 1. The van der Waals surface area contributed by atoms with E-state index in [9.17, 15) is 4.79 Å². The molecule has 0 saturated carbocycles. The lowest BCUT2D eigenvalue weighted by molar-refractivity contribution is 0.0932. The number of hydrogen-bond donors (Lipinski definition) is 2. The normalized spacial score (nSPS) is 17.0. The number of hydrogen-bond acceptors (Lipinski definition) is 2. The molecule has 1 aliphatic rings. The molecule has 2 heterocycles. The first-order chi connectivity index (χ1) is 11.2. The highest BCUT2D eigenvalue weighted by Crippen LogP contribution is 2.37. The standard InChI is InChI=1S/C18H16ClN3O/c19-14-5-1-3-12-13-4-2-6-15(17(13)22-16(12)14)21-18(23)11-7-9-20-10-8-11/h1,3,5,7-10,15,22H,2,4,6H2,(H,21,23). The molecule has 4 nitrogen and oxygen atoms in total. The molecule has 1 aliphatic carbocycles. The third-order valence-corrected chi connectivity index (χ3v) is 4.75. The summed E-state index contributed by atoms with van der Waals surface area (Å²) in [6, 6.07) is 9.38. The molecule has 3 aromatic rings. The lowest BCUT2D eigenvalue weighted by atomic mass is 9.91. The highest BCUT2D eigenvalue weighted by atomic mass is 35.5. The highest BCUT2D eigenvalue weighted by Gasteiger charge is 2.26. The Bertz CT molecular complexity index is 873. The van der Waals surface area contributed by atoms with Crippen molar-refractivity contribution in [2.24, 2.45) is 0 Å². The number of para-hydroxylation sites is 1. The SMILES string of the molecule is O=C(NC1CCCc2c1[nH]c1c(Cl)cccc21)c1ccncc1. The van der Waals surface area contributed by atoms with Gasteiger partial charge in [0.2, 0.25) is 0 Å². The van der Waals surface area contributed by atoms with E-state index in [1.807, 2.05) is 12.1 Å². The van der Waals surface area contributed by atoms with E-state index >= 15 is 0 Å². The molecule has 1 unspecified atom stereocenters. The molecule has 0 bridgehead atoms. The zero-order valence-corrected chi connectivity index (χ0v) is 13.2. The van der Waals surface area contributed by atoms with Crippen molar-refractivity contribution in [1.29, 1.82) is 0 Å². The predicted octanol–water partition coefficient (Wildman–Crippen LogP) is 4.02. The number of carbonyl (C=O) groups excluding carboxylic acids is 1. The predicted molar refractivity (Wildman–Crippen MR) is 90.7 cm³/mol. The number of benzene rings is 1. The summed E-state index contributed by atoms with van der Waals surface area (Å²) in [6.07, 6.45) is 6.24. The molecular formula is C18H16ClN3O. The van der Waals surface area contributed by atoms with E-state index in [2.05, 4.69) is 21.4 Å². The number of rotatable bonds is 2. The van der Waals surface area contributed by atoms with Gasteiger partial charge in [-0.15, -0.1) is 0 Å². The Balaban J connectivity index is 1.69. The maximum atomic E-state index is 12.4. The summed E-state index contributed by atoms with van der Waals surface area (Å²) in [5.41, 5.74) is 3.95. The van der Waals surface area contributed by atoms with Crippen molar-refractivity contribution < 1.29 is 4.79 Å². The van der Waals surface area contributed by atoms with Crippen molar-refractivity contribution in [1.82, 2.24) is 15.3 Å². The number of nitrogens with one attached hydrogen (secondary N) is 2. The Hall–Kier alpha value is -2.33. The molecule has 2 aromatic heterocycles. The van der Waals surface area contributed by atoms with Crippen LogP contribution < -0.4 is 5.32 Å². The molecule has 0 radical (unpaired) electrons. The van der Waals surface area contributed by atoms with Crippen molar-refractivity contribution in [3.05, 3.63) is 64.6 Å². The zero-order valence-electron chi connectivity index (χ0n) is 12.5. The van der Waals surface area contributed by atoms with Gasteiger partial charge in [0.1, 0.15) is 0 Å². The van der Waals surface area contributed by atoms with Crippen LogP contribution in [-0.2, 0) is 6.42 Å². The van der Waals surface area contributed by atoms with Gasteiger partial charge in [-0.3, -0.25) is 9.78 Å². The summed E-state index contributed by atoms with van der Waals surface area (Å²) in [6.45, 7) is 0. The first kappa shape index (κ1) is 14.3. The number of fused-ring (bicyclic) bond motifs is 3. The van der Waals surface area contributed by atoms with Crippen LogP contribution in [0.15, 0.2) is 42.7 Å². The van der Waals surface area contributed by atoms with Gasteiger partial charge < -0.3 is 10.3 Å². The lowest BCUT2D eigenvalue weighted by Gasteiger charge is -2.23. The summed E-state index contributed by atoms with van der Waals surface area (Å²) < 4.78 is 0. The van der Waals surface area contributed by atoms with Gasteiger partial charge in [-0.05, 0) is 43.0 Å². The molecular weight excluding hydrogens is 310 g/mol. The first-order valence-corrected chi connectivity index (χ1v) is 8.11. The first-order valence-electron chi connectivity index (χ1n) is 7.74. The van der Waals surface area contributed by atoms with E-state index in [1.54, 1.807) is 24.5 Å². The second-order valence-corrected chi connectivity index (χ2v) is 6.24. The van der Waals surface area contributed by atoms with Gasteiger partial charge in [0.25, 0.3) is 5.91 Å². The number of halogens is 1. The summed E-state index contributed by atoms with van der Waals surface area (Å²) in [5, 5.41) is 5.01. The summed E-state index contributed by atoms with van der Waals surface area (Å²) in [4.78, 5) is 19.8. The maximum Gasteiger partial charge on any atom is 0.251 e. The molecule has 2 N–H and O–H groups in total. The molecule has 1 atom stereocenters. The average molecular weight is 326 g/mol. The molecule has 0 saturated heterocycles. The molecule has 0 fully saturated rings. The number of carbonyl (C=O) groups is 1. The molecule has 23 heavy (non-hydrogen) atoms. The monoisotopic (exact) mass is 325 g/mol. The summed E-state index contributed by atoms with van der Waals surface area (Å²) in [7, 11) is 0. The highest BCUT2D eigenvalue weighted by molar-refractivity contribution is 6.35. The van der Waals surface area contributed by atoms with Gasteiger partial charge in [0, 0.05) is 29.0 Å². The van der Waals surface area contributed by atoms with E-state index in [-0.39, 0.29) is 11.9 Å². The van der Waals surface area contributed by atoms with Crippen molar-refractivity contribution >= 4 is 28.4 Å². The zero-order chi connectivity index (χ0) is 15.8. The van der Waals surface area contributed by atoms with Crippen molar-refractivity contribution in [3.63, 3.8) is 0 Å². The number of amides is 1. The second-order valence-electron chi connectivity index (χ2n) is 5.83. The van der Waals surface area contributed by atoms with E-state index in [0.717, 1.165) is 40.9 Å². The van der Waals surface area contributed by atoms with E-state index < -0.39 is 0 Å². The molecule has 116 valence electrons. The number of H-pyrrole nitrogens is 1. The minimum absolute atomic E-state index is 0.0112. The fourth-order valence-corrected chi connectivity index (χ4v) is 3.56. The smallest absolute Gasteiger partial charge is 0.251 e. The van der Waals surface area contributed by atoms with E-state index in [1.165, 1.54) is 5.56 Å². The van der Waals surface area contributed by atoms with Crippen LogP contribution in [0, 0.1) is 0 Å². The van der Waals surface area contributed by atoms with Crippen molar-refractivity contribution in [2.45, 2.75) is 25.3 Å². The van der Waals surface area contributed by atoms with Crippen LogP contribution >= 0.6 is 11.6 Å². The van der Waals surface area contributed by atoms with Crippen molar-refractivity contribution in [3.8, 4) is 0 Å². The van der Waals surface area contributed by atoms with Gasteiger partial charge >= 0.3 is 0 Å². The molecule has 5 heteroatoms. The lowest BCUT2D eigenvalue weighted by Crippen LogP contribution is -2.31. The van der Waals surface area contributed by atoms with Crippen LogP contribution in [0.3, 0.4) is 0 Å². The van der Waals surface area contributed by atoms with Crippen LogP contribution in [0.4, 0.5) is 0 Å². The number of pyridine rings is 1. The Morgan fingerprint density at radius 2 is 2.09 bits per heavy atom. The third kappa shape index (κ3) is 2.49. The fourth-order valence-electron chi connectivity index (χ4n) is 3.34. The van der Waals surface area contributed by atoms with Gasteiger partial charge in [0.05, 0.1) is 16.6 Å². The number of nitrogens with zero attached hydrogens (tertiary/aromatic N) is 1. The summed E-state index contributed by atoms with van der Waals surface area (Å²) in [5.74, 6) is -0.0741. The van der Waals surface area contributed by atoms with E-state index in [0.29, 0.717) is 5.56 Å². The van der Waals surface area contributed by atoms with Crippen LogP contribution in [0.25, 0.3) is 10.9 Å². The van der Waals surface area contributed by atoms with Crippen LogP contribution in [-0.4, -0.2) is 15.9 Å². The minimum atomic E-state index is -0.0741. The quantitative estimate of drug-likeness (QED) is 0.747. The van der Waals surface area contributed by atoms with Gasteiger partial charge in [-0.2, -0.15) is 0 Å². The van der Waals surface area contributed by atoms with Gasteiger partial charge in [-0.25, -0.2) is 0 Å². The minimum Gasteiger partial charge on any atom is -0.355 e. The second kappa shape index (κ2) is 5.70. The molecule has 1 aromatic carbocycles. The van der Waals surface area contributed by atoms with Gasteiger partial charge in [-0.1, -0.05) is 23.7 Å². The Kier molecular flexibility index (Phi) is 3.54. The molecule has 4 rings (SSSR count). The van der Waals surface area contributed by atoms with Gasteiger partial charge in [0.15, 0.2) is 0 Å². The molecule has 1 amide bonds. The van der Waals surface area contributed by atoms with Crippen LogP contribution in [0.5, 0.6) is 0 Å². The van der Waals surface area contributed by atoms with Crippen LogP contribution in [0.2, 0.25) is 5.02 Å². The molecule has 0 spiro atoms. The maximum absolute atomic E-state index is 12.4. The Morgan fingerprint density at radius 3 is 2.91 bits per heavy atom. The molecule has 0 aliphatic heterocycles. The Morgan fingerprint density at radius 1 is 1.26 bits per heavy atom. The van der Waals surface area contributed by atoms with Crippen molar-refractivity contribution in [2.75, 3.05) is 0 Å². The Labute approximate surface area is 138 Å². The number of aromatic nitrogens is 2. The number of aryl methyl sites for hydroxylation is 1. The average Bonchev–Trinajstić information content (AvgIpc) is 2.97. The fraction of sp³-hybridized carbons (Fsp3) is 0.222. The van der Waals surface area contributed by atoms with E-state index in [4.69, 9.17) is 11.6 Å². The summed E-state index contributed by atoms with van der Waals surface area (Å²) >= 11 is 6.30. The topological polar surface area (TPSA) is 57.8 Å². The largest absolute Gasteiger partial charge is 0.355 e. The van der Waals surface area contributed by atoms with Crippen LogP contribution in [0.1, 0.15) is 40.5 Å². The third-order valence-electron chi connectivity index (χ3n) is 4.44.